The van der Waals surface area contributed by atoms with Gasteiger partial charge in [0.15, 0.2) is 9.84 Å². The average Bonchev–Trinajstić information content (AvgIpc) is 2.82. The highest BCUT2D eigenvalue weighted by molar-refractivity contribution is 7.93. The molecule has 1 aromatic heterocycles. The Kier molecular flexibility index (Phi) is 4.95. The number of hydrogen-bond acceptors (Lipinski definition) is 5. The molecule has 1 aliphatic carbocycles. The number of sulfone groups is 1. The summed E-state index contributed by atoms with van der Waals surface area (Å²) in [6, 6.07) is 1.80. The number of hydrogen-bond donors (Lipinski definition) is 1. The predicted octanol–water partition coefficient (Wildman–Crippen LogP) is 3.87. The van der Waals surface area contributed by atoms with Crippen LogP contribution in [0.3, 0.4) is 0 Å². The largest absolute Gasteiger partial charge is 0.386 e. The van der Waals surface area contributed by atoms with Crippen LogP contribution in [0.1, 0.15) is 62.1 Å². The number of unbranched alkanes of at least 4 members (excludes halogenated alkanes) is 2. The zero-order valence-electron chi connectivity index (χ0n) is 14.6. The van der Waals surface area contributed by atoms with E-state index in [1.807, 2.05) is 0 Å². The van der Waals surface area contributed by atoms with Crippen molar-refractivity contribution in [3.8, 4) is 11.8 Å². The lowest BCUT2D eigenvalue weighted by Crippen LogP contribution is -2.61. The molecule has 1 aliphatic heterocycles. The second-order valence-corrected chi connectivity index (χ2v) is 10.8. The Morgan fingerprint density at radius 2 is 2.16 bits per heavy atom. The number of halogens is 1. The van der Waals surface area contributed by atoms with Gasteiger partial charge in [-0.3, -0.25) is 4.99 Å². The quantitative estimate of drug-likeness (QED) is 0.620. The summed E-state index contributed by atoms with van der Waals surface area (Å²) in [5, 5.41) is 0.517. The van der Waals surface area contributed by atoms with Crippen LogP contribution in [0.25, 0.3) is 0 Å². The first kappa shape index (κ1) is 18.8. The average molecular weight is 399 g/mol. The number of rotatable bonds is 3. The molecule has 25 heavy (non-hydrogen) atoms. The van der Waals surface area contributed by atoms with Crippen molar-refractivity contribution in [3.63, 3.8) is 0 Å². The van der Waals surface area contributed by atoms with E-state index in [0.29, 0.717) is 17.9 Å². The van der Waals surface area contributed by atoms with Crippen molar-refractivity contribution >= 4 is 38.6 Å². The summed E-state index contributed by atoms with van der Waals surface area (Å²) in [4.78, 5) is 6.20. The zero-order valence-corrected chi connectivity index (χ0v) is 17.0. The topological polar surface area (TPSA) is 72.5 Å². The van der Waals surface area contributed by atoms with E-state index >= 15 is 0 Å². The number of aliphatic imine (C=N–C) groups is 1. The Morgan fingerprint density at radius 3 is 2.72 bits per heavy atom. The Morgan fingerprint density at radius 1 is 1.44 bits per heavy atom. The summed E-state index contributed by atoms with van der Waals surface area (Å²) in [5.74, 6) is 6.45. The second kappa shape index (κ2) is 6.61. The molecule has 1 saturated carbocycles. The maximum absolute atomic E-state index is 12.9. The number of nitrogens with two attached hydrogens (primary N) is 1. The van der Waals surface area contributed by atoms with E-state index in [1.165, 1.54) is 11.3 Å². The molecule has 2 N–H and O–H groups in total. The van der Waals surface area contributed by atoms with E-state index in [9.17, 15) is 8.42 Å². The fourth-order valence-corrected chi connectivity index (χ4v) is 7.56. The van der Waals surface area contributed by atoms with Crippen molar-refractivity contribution in [2.75, 3.05) is 5.75 Å². The third-order valence-electron chi connectivity index (χ3n) is 5.10. The molecule has 0 unspecified atom stereocenters. The van der Waals surface area contributed by atoms with Crippen molar-refractivity contribution < 1.29 is 8.42 Å². The Hall–Kier alpha value is -1.03. The summed E-state index contributed by atoms with van der Waals surface area (Å²) in [7, 11) is -3.37. The molecule has 0 radical (unpaired) electrons. The van der Waals surface area contributed by atoms with Gasteiger partial charge < -0.3 is 5.73 Å². The molecule has 7 heteroatoms. The SMILES string of the molecule is CCCCC#Cc1cc(Cl)c([C@]2(C)CS(=O)(=O)C3(CCC3)C(N)=N2)s1. The van der Waals surface area contributed by atoms with Gasteiger partial charge in [-0.2, -0.15) is 0 Å². The van der Waals surface area contributed by atoms with Crippen molar-refractivity contribution in [1.82, 2.24) is 0 Å². The summed E-state index contributed by atoms with van der Waals surface area (Å²) < 4.78 is 24.9. The lowest BCUT2D eigenvalue weighted by molar-refractivity contribution is 0.393. The van der Waals surface area contributed by atoms with Crippen LogP contribution < -0.4 is 5.73 Å². The first-order valence-corrected chi connectivity index (χ1v) is 11.5. The van der Waals surface area contributed by atoms with Gasteiger partial charge in [0.25, 0.3) is 0 Å². The highest BCUT2D eigenvalue weighted by Crippen LogP contribution is 2.49. The van der Waals surface area contributed by atoms with Gasteiger partial charge in [0.1, 0.15) is 16.1 Å². The van der Waals surface area contributed by atoms with Gasteiger partial charge in [-0.25, -0.2) is 8.42 Å². The smallest absolute Gasteiger partial charge is 0.165 e. The van der Waals surface area contributed by atoms with Crippen LogP contribution >= 0.6 is 22.9 Å². The minimum absolute atomic E-state index is 0.0519. The molecule has 2 heterocycles. The summed E-state index contributed by atoms with van der Waals surface area (Å²) in [6.45, 7) is 3.93. The molecule has 2 aliphatic rings. The molecular weight excluding hydrogens is 376 g/mol. The van der Waals surface area contributed by atoms with Gasteiger partial charge in [0, 0.05) is 6.42 Å². The van der Waals surface area contributed by atoms with Gasteiger partial charge >= 0.3 is 0 Å². The minimum atomic E-state index is -3.37. The summed E-state index contributed by atoms with van der Waals surface area (Å²) in [6.07, 6.45) is 5.05. The van der Waals surface area contributed by atoms with E-state index in [4.69, 9.17) is 17.3 Å². The molecule has 1 atom stereocenters. The lowest BCUT2D eigenvalue weighted by Gasteiger charge is -2.46. The van der Waals surface area contributed by atoms with Crippen LogP contribution in [-0.2, 0) is 15.4 Å². The Balaban J connectivity index is 1.96. The molecule has 1 spiro atoms. The van der Waals surface area contributed by atoms with Crippen molar-refractivity contribution in [2.45, 2.75) is 62.7 Å². The molecule has 0 aromatic carbocycles. The number of thiophene rings is 1. The molecule has 0 bridgehead atoms. The third kappa shape index (κ3) is 3.11. The van der Waals surface area contributed by atoms with Gasteiger partial charge in [-0.15, -0.1) is 11.3 Å². The minimum Gasteiger partial charge on any atom is -0.386 e. The monoisotopic (exact) mass is 398 g/mol. The van der Waals surface area contributed by atoms with Crippen molar-refractivity contribution in [1.29, 1.82) is 0 Å². The van der Waals surface area contributed by atoms with Gasteiger partial charge in [-0.1, -0.05) is 36.8 Å². The molecule has 1 fully saturated rings. The van der Waals surface area contributed by atoms with Crippen LogP contribution in [0.4, 0.5) is 0 Å². The van der Waals surface area contributed by atoms with Crippen LogP contribution in [0, 0.1) is 11.8 Å². The standard InChI is InChI=1S/C18H23ClN2O2S2/c1-3-4-5-6-8-13-11-14(19)15(24-13)17(2)12-25(22,23)18(9-7-10-18)16(20)21-17/h11H,3-5,7,9-10,12H2,1-2H3,(H2,20,21)/t17-/m0/s1. The van der Waals surface area contributed by atoms with Crippen LogP contribution in [0.2, 0.25) is 5.02 Å². The fourth-order valence-electron chi connectivity index (χ4n) is 3.46. The van der Waals surface area contributed by atoms with E-state index < -0.39 is 20.1 Å². The van der Waals surface area contributed by atoms with Gasteiger partial charge in [-0.05, 0) is 38.7 Å². The zero-order chi connectivity index (χ0) is 18.3. The van der Waals surface area contributed by atoms with Gasteiger partial charge in [0.2, 0.25) is 0 Å². The summed E-state index contributed by atoms with van der Waals surface area (Å²) in [5.41, 5.74) is 5.20. The van der Waals surface area contributed by atoms with Crippen LogP contribution in [0.5, 0.6) is 0 Å². The van der Waals surface area contributed by atoms with E-state index in [-0.39, 0.29) is 11.6 Å². The predicted molar refractivity (Wildman–Crippen MR) is 105 cm³/mol. The Labute approximate surface area is 158 Å². The van der Waals surface area contributed by atoms with E-state index in [2.05, 4.69) is 23.8 Å². The molecule has 4 nitrogen and oxygen atoms in total. The molecule has 136 valence electrons. The highest BCUT2D eigenvalue weighted by atomic mass is 35.5. The molecule has 0 saturated heterocycles. The lowest BCUT2D eigenvalue weighted by atomic mass is 9.82. The summed E-state index contributed by atoms with van der Waals surface area (Å²) >= 11 is 7.82. The number of nitrogens with zero attached hydrogens (tertiary/aromatic N) is 1. The number of amidine groups is 1. The molecule has 3 rings (SSSR count). The fraction of sp³-hybridized carbons (Fsp3) is 0.611. The first-order valence-electron chi connectivity index (χ1n) is 8.61. The third-order valence-corrected chi connectivity index (χ3v) is 9.57. The molecular formula is C18H23ClN2O2S2. The first-order chi connectivity index (χ1) is 11.7. The van der Waals surface area contributed by atoms with Crippen LogP contribution in [0.15, 0.2) is 11.1 Å². The van der Waals surface area contributed by atoms with Gasteiger partial charge in [0.05, 0.1) is 20.5 Å². The van der Waals surface area contributed by atoms with E-state index in [1.54, 1.807) is 13.0 Å². The second-order valence-electron chi connectivity index (χ2n) is 7.07. The maximum Gasteiger partial charge on any atom is 0.165 e. The van der Waals surface area contributed by atoms with Crippen LogP contribution in [-0.4, -0.2) is 24.8 Å². The van der Waals surface area contributed by atoms with Crippen molar-refractivity contribution in [3.05, 3.63) is 20.8 Å². The molecule has 0 amide bonds. The van der Waals surface area contributed by atoms with E-state index in [0.717, 1.165) is 35.4 Å². The normalized spacial score (nSPS) is 26.4. The van der Waals surface area contributed by atoms with Crippen molar-refractivity contribution in [2.24, 2.45) is 10.7 Å². The highest BCUT2D eigenvalue weighted by Gasteiger charge is 2.58. The molecule has 1 aromatic rings. The Bertz CT molecular complexity index is 873. The maximum atomic E-state index is 12.9.